The number of carbonyl (C=O) groups excluding carboxylic acids is 1. The fourth-order valence-electron chi connectivity index (χ4n) is 1.78. The summed E-state index contributed by atoms with van der Waals surface area (Å²) < 4.78 is 5.17. The summed E-state index contributed by atoms with van der Waals surface area (Å²) >= 11 is 0. The Morgan fingerprint density at radius 3 is 2.63 bits per heavy atom. The molecule has 4 heteroatoms. The second kappa shape index (κ2) is 8.67. The summed E-state index contributed by atoms with van der Waals surface area (Å²) in [7, 11) is 1.69. The Morgan fingerprint density at radius 2 is 2.00 bits per heavy atom. The molecule has 0 radical (unpaired) electrons. The molecule has 0 saturated carbocycles. The normalized spacial score (nSPS) is 12.2. The van der Waals surface area contributed by atoms with Crippen LogP contribution in [0.5, 0.6) is 0 Å². The lowest BCUT2D eigenvalue weighted by Crippen LogP contribution is -2.42. The van der Waals surface area contributed by atoms with Gasteiger partial charge in [0.25, 0.3) is 0 Å². The van der Waals surface area contributed by atoms with Crippen molar-refractivity contribution in [1.82, 2.24) is 10.6 Å². The summed E-state index contributed by atoms with van der Waals surface area (Å²) in [6, 6.07) is 7.90. The van der Waals surface area contributed by atoms with Gasteiger partial charge in [-0.15, -0.1) is 0 Å². The van der Waals surface area contributed by atoms with E-state index in [0.29, 0.717) is 13.2 Å². The Labute approximate surface area is 115 Å². The lowest BCUT2D eigenvalue weighted by Gasteiger charge is -2.15. The van der Waals surface area contributed by atoms with E-state index in [4.69, 9.17) is 4.74 Å². The van der Waals surface area contributed by atoms with Gasteiger partial charge in [0, 0.05) is 20.2 Å². The Bertz CT molecular complexity index is 393. The second-order valence-corrected chi connectivity index (χ2v) is 4.60. The third-order valence-corrected chi connectivity index (χ3v) is 2.96. The Morgan fingerprint density at radius 1 is 1.32 bits per heavy atom. The van der Waals surface area contributed by atoms with Crippen LogP contribution in [0.25, 0.3) is 0 Å². The van der Waals surface area contributed by atoms with Crippen LogP contribution in [-0.4, -0.2) is 25.6 Å². The Balaban J connectivity index is 2.49. The highest BCUT2D eigenvalue weighted by Gasteiger charge is 2.11. The number of amides is 1. The molecule has 0 aliphatic carbocycles. The van der Waals surface area contributed by atoms with Gasteiger partial charge in [0.15, 0.2) is 0 Å². The number of hydrogen-bond acceptors (Lipinski definition) is 3. The molecule has 0 heterocycles. The lowest BCUT2D eigenvalue weighted by molar-refractivity contribution is -0.122. The van der Waals surface area contributed by atoms with Crippen LogP contribution in [0.15, 0.2) is 24.3 Å². The van der Waals surface area contributed by atoms with Crippen molar-refractivity contribution < 1.29 is 9.53 Å². The van der Waals surface area contributed by atoms with E-state index in [0.717, 1.165) is 18.5 Å². The molecule has 0 fully saturated rings. The molecule has 106 valence electrons. The van der Waals surface area contributed by atoms with E-state index < -0.39 is 0 Å². The summed E-state index contributed by atoms with van der Waals surface area (Å²) in [5.74, 6) is 0.0473. The first-order chi connectivity index (χ1) is 9.19. The molecule has 1 unspecified atom stereocenters. The van der Waals surface area contributed by atoms with Crippen molar-refractivity contribution in [2.75, 3.05) is 13.7 Å². The minimum absolute atomic E-state index is 0.0473. The number of ether oxygens (including phenoxy) is 1. The van der Waals surface area contributed by atoms with E-state index in [2.05, 4.69) is 16.7 Å². The molecule has 1 aromatic rings. The molecule has 1 amide bonds. The van der Waals surface area contributed by atoms with Crippen LogP contribution < -0.4 is 10.6 Å². The van der Waals surface area contributed by atoms with Gasteiger partial charge < -0.3 is 15.4 Å². The smallest absolute Gasteiger partial charge is 0.236 e. The van der Waals surface area contributed by atoms with Crippen LogP contribution in [-0.2, 0) is 22.7 Å². The van der Waals surface area contributed by atoms with Gasteiger partial charge in [-0.05, 0) is 24.5 Å². The molecular formula is C15H24N2O2. The summed E-state index contributed by atoms with van der Waals surface area (Å²) in [4.78, 5) is 11.7. The van der Waals surface area contributed by atoms with Crippen molar-refractivity contribution in [1.29, 1.82) is 0 Å². The zero-order chi connectivity index (χ0) is 14.1. The summed E-state index contributed by atoms with van der Waals surface area (Å²) in [5, 5.41) is 6.12. The van der Waals surface area contributed by atoms with Crippen LogP contribution in [0.1, 0.15) is 31.4 Å². The van der Waals surface area contributed by atoms with Crippen LogP contribution in [0.4, 0.5) is 0 Å². The van der Waals surface area contributed by atoms with Gasteiger partial charge in [0.05, 0.1) is 12.6 Å². The Kier molecular flexibility index (Phi) is 7.15. The van der Waals surface area contributed by atoms with Crippen LogP contribution in [0.2, 0.25) is 0 Å². The van der Waals surface area contributed by atoms with E-state index in [-0.39, 0.29) is 11.9 Å². The predicted molar refractivity (Wildman–Crippen MR) is 76.8 cm³/mol. The van der Waals surface area contributed by atoms with Crippen LogP contribution in [0.3, 0.4) is 0 Å². The van der Waals surface area contributed by atoms with E-state index >= 15 is 0 Å². The quantitative estimate of drug-likeness (QED) is 0.753. The fourth-order valence-corrected chi connectivity index (χ4v) is 1.78. The number of benzene rings is 1. The summed E-state index contributed by atoms with van der Waals surface area (Å²) in [6.45, 7) is 5.91. The highest BCUT2D eigenvalue weighted by molar-refractivity contribution is 5.81. The highest BCUT2D eigenvalue weighted by atomic mass is 16.5. The zero-order valence-electron chi connectivity index (χ0n) is 12.0. The Hall–Kier alpha value is -1.39. The molecule has 1 aromatic carbocycles. The van der Waals surface area contributed by atoms with E-state index in [1.165, 1.54) is 5.56 Å². The van der Waals surface area contributed by atoms with Crippen molar-refractivity contribution in [3.63, 3.8) is 0 Å². The number of nitrogens with one attached hydrogen (secondary N) is 2. The maximum atomic E-state index is 11.7. The molecule has 0 spiro atoms. The van der Waals surface area contributed by atoms with Gasteiger partial charge in [0.2, 0.25) is 5.91 Å². The number of carbonyl (C=O) groups is 1. The molecule has 0 saturated heterocycles. The molecule has 1 rings (SSSR count). The summed E-state index contributed by atoms with van der Waals surface area (Å²) in [6.07, 6.45) is 0.954. The molecule has 1 atom stereocenters. The lowest BCUT2D eigenvalue weighted by atomic mass is 10.1. The first-order valence-corrected chi connectivity index (χ1v) is 6.75. The first-order valence-electron chi connectivity index (χ1n) is 6.75. The minimum atomic E-state index is -0.192. The maximum Gasteiger partial charge on any atom is 0.236 e. The third kappa shape index (κ3) is 5.41. The zero-order valence-corrected chi connectivity index (χ0v) is 12.0. The second-order valence-electron chi connectivity index (χ2n) is 4.60. The van der Waals surface area contributed by atoms with Gasteiger partial charge in [0.1, 0.15) is 0 Å². The van der Waals surface area contributed by atoms with Crippen molar-refractivity contribution in [3.8, 4) is 0 Å². The topological polar surface area (TPSA) is 50.4 Å². The van der Waals surface area contributed by atoms with Gasteiger partial charge >= 0.3 is 0 Å². The molecule has 0 aliphatic rings. The van der Waals surface area contributed by atoms with Crippen molar-refractivity contribution in [3.05, 3.63) is 35.4 Å². The highest BCUT2D eigenvalue weighted by Crippen LogP contribution is 2.09. The molecule has 0 bridgehead atoms. The summed E-state index contributed by atoms with van der Waals surface area (Å²) in [5.41, 5.74) is 2.32. The molecule has 2 N–H and O–H groups in total. The number of rotatable bonds is 8. The monoisotopic (exact) mass is 264 g/mol. The van der Waals surface area contributed by atoms with Crippen molar-refractivity contribution >= 4 is 5.91 Å². The fraction of sp³-hybridized carbons (Fsp3) is 0.533. The molecule has 0 aromatic heterocycles. The average molecular weight is 264 g/mol. The van der Waals surface area contributed by atoms with Gasteiger partial charge in [-0.25, -0.2) is 0 Å². The van der Waals surface area contributed by atoms with E-state index in [1.54, 1.807) is 7.11 Å². The molecule has 4 nitrogen and oxygen atoms in total. The van der Waals surface area contributed by atoms with Gasteiger partial charge in [-0.3, -0.25) is 4.79 Å². The molecular weight excluding hydrogens is 240 g/mol. The van der Waals surface area contributed by atoms with Gasteiger partial charge in [-0.1, -0.05) is 31.2 Å². The molecule has 0 aliphatic heterocycles. The maximum absolute atomic E-state index is 11.7. The van der Waals surface area contributed by atoms with Gasteiger partial charge in [-0.2, -0.15) is 0 Å². The number of hydrogen-bond donors (Lipinski definition) is 2. The van der Waals surface area contributed by atoms with Crippen molar-refractivity contribution in [2.45, 2.75) is 39.5 Å². The molecule has 19 heavy (non-hydrogen) atoms. The first kappa shape index (κ1) is 15.7. The van der Waals surface area contributed by atoms with Crippen LogP contribution in [0, 0.1) is 0 Å². The SMILES string of the molecule is CCCNC(=O)C(C)NCc1ccccc1COC. The largest absolute Gasteiger partial charge is 0.380 e. The van der Waals surface area contributed by atoms with Crippen LogP contribution >= 0.6 is 0 Å². The van der Waals surface area contributed by atoms with E-state index in [1.807, 2.05) is 32.0 Å². The minimum Gasteiger partial charge on any atom is -0.380 e. The predicted octanol–water partition coefficient (Wildman–Crippen LogP) is 1.84. The average Bonchev–Trinajstić information content (AvgIpc) is 2.43. The van der Waals surface area contributed by atoms with Crippen molar-refractivity contribution in [2.24, 2.45) is 0 Å². The standard InChI is InChI=1S/C15H24N2O2/c1-4-9-16-15(18)12(2)17-10-13-7-5-6-8-14(13)11-19-3/h5-8,12,17H,4,9-11H2,1-3H3,(H,16,18). The third-order valence-electron chi connectivity index (χ3n) is 2.96. The van der Waals surface area contributed by atoms with E-state index in [9.17, 15) is 4.79 Å². The number of methoxy groups -OCH3 is 1.